The minimum atomic E-state index is -0.252. The van der Waals surface area contributed by atoms with E-state index in [9.17, 15) is 0 Å². The summed E-state index contributed by atoms with van der Waals surface area (Å²) in [5.74, 6) is 0. The maximum absolute atomic E-state index is 5.97. The van der Waals surface area contributed by atoms with Gasteiger partial charge in [0, 0.05) is 31.2 Å². The Morgan fingerprint density at radius 3 is 2.79 bits per heavy atom. The Bertz CT molecular complexity index is 408. The summed E-state index contributed by atoms with van der Waals surface area (Å²) in [6, 6.07) is -0.252. The number of hydrogen-bond donors (Lipinski definition) is 1. The quantitative estimate of drug-likeness (QED) is 0.735. The second kappa shape index (κ2) is 3.55. The second-order valence-corrected chi connectivity index (χ2v) is 3.06. The van der Waals surface area contributed by atoms with Crippen molar-refractivity contribution >= 4 is 0 Å². The number of aryl methyl sites for hydroxylation is 1. The average molecular weight is 189 g/mol. The zero-order chi connectivity index (χ0) is 9.97. The minimum absolute atomic E-state index is 0.252. The third kappa shape index (κ3) is 1.62. The second-order valence-electron chi connectivity index (χ2n) is 3.06. The molecule has 5 nitrogen and oxygen atoms in total. The third-order valence-corrected chi connectivity index (χ3v) is 1.99. The van der Waals surface area contributed by atoms with E-state index in [0.29, 0.717) is 0 Å². The molecule has 0 aliphatic rings. The molecule has 1 unspecified atom stereocenters. The molecule has 0 fully saturated rings. The van der Waals surface area contributed by atoms with Crippen LogP contribution < -0.4 is 5.73 Å². The Hall–Kier alpha value is -1.75. The highest BCUT2D eigenvalue weighted by Crippen LogP contribution is 2.14. The molecule has 0 radical (unpaired) electrons. The fraction of sp³-hybridized carbons (Fsp3) is 0.222. The van der Waals surface area contributed by atoms with E-state index in [-0.39, 0.29) is 6.04 Å². The molecule has 72 valence electrons. The van der Waals surface area contributed by atoms with Crippen molar-refractivity contribution in [3.05, 3.63) is 42.2 Å². The molecule has 0 aliphatic carbocycles. The fourth-order valence-electron chi connectivity index (χ4n) is 1.24. The molecule has 0 aliphatic heterocycles. The summed E-state index contributed by atoms with van der Waals surface area (Å²) in [5.41, 5.74) is 7.66. The van der Waals surface area contributed by atoms with E-state index in [1.165, 1.54) is 0 Å². The van der Waals surface area contributed by atoms with Gasteiger partial charge < -0.3 is 5.73 Å². The van der Waals surface area contributed by atoms with Gasteiger partial charge in [0.1, 0.15) is 0 Å². The Morgan fingerprint density at radius 2 is 2.21 bits per heavy atom. The van der Waals surface area contributed by atoms with E-state index < -0.39 is 0 Å². The Labute approximate surface area is 81.6 Å². The first-order valence-electron chi connectivity index (χ1n) is 4.27. The number of aromatic nitrogens is 4. The molecule has 0 saturated heterocycles. The van der Waals surface area contributed by atoms with Crippen LogP contribution in [0, 0.1) is 0 Å². The Morgan fingerprint density at radius 1 is 1.36 bits per heavy atom. The highest BCUT2D eigenvalue weighted by Gasteiger charge is 2.11. The third-order valence-electron chi connectivity index (χ3n) is 1.99. The van der Waals surface area contributed by atoms with E-state index >= 15 is 0 Å². The maximum Gasteiger partial charge on any atom is 0.0800 e. The van der Waals surface area contributed by atoms with E-state index in [0.717, 1.165) is 11.3 Å². The smallest absolute Gasteiger partial charge is 0.0800 e. The van der Waals surface area contributed by atoms with Crippen molar-refractivity contribution in [2.45, 2.75) is 6.04 Å². The minimum Gasteiger partial charge on any atom is -0.319 e. The summed E-state index contributed by atoms with van der Waals surface area (Å²) < 4.78 is 1.71. The van der Waals surface area contributed by atoms with E-state index in [1.807, 2.05) is 13.2 Å². The first-order chi connectivity index (χ1) is 6.77. The first kappa shape index (κ1) is 8.83. The molecule has 2 aromatic rings. The molecule has 5 heteroatoms. The van der Waals surface area contributed by atoms with Gasteiger partial charge in [-0.1, -0.05) is 0 Å². The van der Waals surface area contributed by atoms with Gasteiger partial charge in [0.05, 0.1) is 24.1 Å². The summed E-state index contributed by atoms with van der Waals surface area (Å²) in [4.78, 5) is 8.11. The topological polar surface area (TPSA) is 69.6 Å². The van der Waals surface area contributed by atoms with E-state index in [1.54, 1.807) is 29.5 Å². The van der Waals surface area contributed by atoms with Crippen LogP contribution in [0.2, 0.25) is 0 Å². The Kier molecular flexibility index (Phi) is 2.24. The molecule has 0 spiro atoms. The van der Waals surface area contributed by atoms with Gasteiger partial charge in [-0.25, -0.2) is 0 Å². The van der Waals surface area contributed by atoms with E-state index in [4.69, 9.17) is 5.73 Å². The molecule has 2 N–H and O–H groups in total. The van der Waals surface area contributed by atoms with Crippen LogP contribution in [-0.4, -0.2) is 19.7 Å². The number of hydrogen-bond acceptors (Lipinski definition) is 4. The number of rotatable bonds is 2. The molecule has 1 atom stereocenters. The van der Waals surface area contributed by atoms with Gasteiger partial charge in [-0.15, -0.1) is 0 Å². The lowest BCUT2D eigenvalue weighted by Crippen LogP contribution is -2.12. The summed E-state index contributed by atoms with van der Waals surface area (Å²) in [7, 11) is 1.85. The lowest BCUT2D eigenvalue weighted by Gasteiger charge is -2.06. The van der Waals surface area contributed by atoms with Crippen LogP contribution in [0.25, 0.3) is 0 Å². The van der Waals surface area contributed by atoms with Gasteiger partial charge in [0.15, 0.2) is 0 Å². The monoisotopic (exact) mass is 189 g/mol. The highest BCUT2D eigenvalue weighted by molar-refractivity contribution is 5.20. The van der Waals surface area contributed by atoms with Crippen LogP contribution in [0.15, 0.2) is 31.0 Å². The largest absolute Gasteiger partial charge is 0.319 e. The molecule has 0 amide bonds. The van der Waals surface area contributed by atoms with Crippen LogP contribution in [0.3, 0.4) is 0 Å². The predicted octanol–water partition coefficient (Wildman–Crippen LogP) is 0.258. The lowest BCUT2D eigenvalue weighted by atomic mass is 10.1. The maximum atomic E-state index is 5.97. The summed E-state index contributed by atoms with van der Waals surface area (Å²) in [5, 5.41) is 4.05. The molecule has 14 heavy (non-hydrogen) atoms. The van der Waals surface area contributed by atoms with Crippen molar-refractivity contribution in [1.82, 2.24) is 19.7 Å². The van der Waals surface area contributed by atoms with Gasteiger partial charge >= 0.3 is 0 Å². The van der Waals surface area contributed by atoms with Crippen LogP contribution in [-0.2, 0) is 7.05 Å². The summed E-state index contributed by atoms with van der Waals surface area (Å²) in [6.07, 6.45) is 8.53. The zero-order valence-electron chi connectivity index (χ0n) is 7.83. The summed E-state index contributed by atoms with van der Waals surface area (Å²) in [6.45, 7) is 0. The van der Waals surface area contributed by atoms with E-state index in [2.05, 4.69) is 15.1 Å². The SMILES string of the molecule is Cn1cc(C(N)c2cnccn2)cn1. The Balaban J connectivity index is 2.29. The molecule has 2 rings (SSSR count). The van der Waals surface area contributed by atoms with Crippen LogP contribution in [0.1, 0.15) is 17.3 Å². The predicted molar refractivity (Wildman–Crippen MR) is 51.3 cm³/mol. The van der Waals surface area contributed by atoms with Crippen LogP contribution in [0.4, 0.5) is 0 Å². The van der Waals surface area contributed by atoms with Crippen molar-refractivity contribution in [2.24, 2.45) is 12.8 Å². The molecule has 2 aromatic heterocycles. The van der Waals surface area contributed by atoms with Gasteiger partial charge in [0.25, 0.3) is 0 Å². The van der Waals surface area contributed by atoms with Gasteiger partial charge in [0.2, 0.25) is 0 Å². The highest BCUT2D eigenvalue weighted by atomic mass is 15.2. The normalized spacial score (nSPS) is 12.7. The van der Waals surface area contributed by atoms with Crippen molar-refractivity contribution in [3.63, 3.8) is 0 Å². The fourth-order valence-corrected chi connectivity index (χ4v) is 1.24. The van der Waals surface area contributed by atoms with Gasteiger partial charge in [-0.2, -0.15) is 5.10 Å². The zero-order valence-corrected chi connectivity index (χ0v) is 7.83. The summed E-state index contributed by atoms with van der Waals surface area (Å²) >= 11 is 0. The van der Waals surface area contributed by atoms with Crippen molar-refractivity contribution in [2.75, 3.05) is 0 Å². The molecule has 0 saturated carbocycles. The molecule has 0 aromatic carbocycles. The average Bonchev–Trinajstić information content (AvgIpc) is 2.65. The van der Waals surface area contributed by atoms with Crippen molar-refractivity contribution < 1.29 is 0 Å². The first-order valence-corrected chi connectivity index (χ1v) is 4.27. The molecule has 0 bridgehead atoms. The van der Waals surface area contributed by atoms with Crippen LogP contribution in [0.5, 0.6) is 0 Å². The molecule has 2 heterocycles. The van der Waals surface area contributed by atoms with Crippen molar-refractivity contribution in [3.8, 4) is 0 Å². The molecular formula is C9H11N5. The van der Waals surface area contributed by atoms with Gasteiger partial charge in [-0.3, -0.25) is 14.6 Å². The standard InChI is InChI=1S/C9H11N5/c1-14-6-7(4-13-14)9(10)8-5-11-2-3-12-8/h2-6,9H,10H2,1H3. The number of nitrogens with two attached hydrogens (primary N) is 1. The molecular weight excluding hydrogens is 178 g/mol. The number of nitrogens with zero attached hydrogens (tertiary/aromatic N) is 4. The van der Waals surface area contributed by atoms with Crippen LogP contribution >= 0.6 is 0 Å². The van der Waals surface area contributed by atoms with Crippen molar-refractivity contribution in [1.29, 1.82) is 0 Å². The lowest BCUT2D eigenvalue weighted by molar-refractivity contribution is 0.763. The van der Waals surface area contributed by atoms with Gasteiger partial charge in [-0.05, 0) is 0 Å².